The van der Waals surface area contributed by atoms with Crippen LogP contribution in [0.2, 0.25) is 5.02 Å². The molecule has 0 heterocycles. The molecule has 0 aliphatic carbocycles. The van der Waals surface area contributed by atoms with Crippen molar-refractivity contribution in [3.8, 4) is 0 Å². The van der Waals surface area contributed by atoms with E-state index in [1.165, 1.54) is 37.7 Å². The molecule has 1 aromatic rings. The highest BCUT2D eigenvalue weighted by atomic mass is 35.5. The minimum absolute atomic E-state index is 0.0644. The molecular weight excluding hydrogens is 320 g/mol. The topological polar surface area (TPSA) is 52.6 Å². The van der Waals surface area contributed by atoms with Crippen LogP contribution in [0, 0.1) is 0 Å². The van der Waals surface area contributed by atoms with E-state index in [0.717, 1.165) is 5.56 Å². The van der Waals surface area contributed by atoms with E-state index >= 15 is 0 Å². The summed E-state index contributed by atoms with van der Waals surface area (Å²) in [6, 6.07) is 7.31. The van der Waals surface area contributed by atoms with Gasteiger partial charge in [0.1, 0.15) is 0 Å². The summed E-state index contributed by atoms with van der Waals surface area (Å²) in [4.78, 5) is 22.5. The third kappa shape index (κ3) is 6.07. The Morgan fingerprint density at radius 1 is 1.05 bits per heavy atom. The van der Waals surface area contributed by atoms with Crippen LogP contribution in [0.25, 0.3) is 0 Å². The van der Waals surface area contributed by atoms with Gasteiger partial charge in [0.2, 0.25) is 0 Å². The Morgan fingerprint density at radius 2 is 1.50 bits per heavy atom. The van der Waals surface area contributed by atoms with Crippen molar-refractivity contribution < 1.29 is 19.1 Å². The second-order valence-corrected chi connectivity index (χ2v) is 6.58. The van der Waals surface area contributed by atoms with Crippen LogP contribution >= 0.6 is 35.1 Å². The summed E-state index contributed by atoms with van der Waals surface area (Å²) in [5.74, 6) is -0.157. The fourth-order valence-corrected chi connectivity index (χ4v) is 3.69. The van der Waals surface area contributed by atoms with Crippen molar-refractivity contribution in [3.05, 3.63) is 34.9 Å². The molecule has 0 bridgehead atoms. The van der Waals surface area contributed by atoms with Crippen LogP contribution in [0.5, 0.6) is 0 Å². The highest BCUT2D eigenvalue weighted by Crippen LogP contribution is 2.39. The van der Waals surface area contributed by atoms with Crippen LogP contribution in [0.3, 0.4) is 0 Å². The van der Waals surface area contributed by atoms with Crippen LogP contribution in [0.4, 0.5) is 0 Å². The number of hydrogen-bond acceptors (Lipinski definition) is 6. The quantitative estimate of drug-likeness (QED) is 0.564. The lowest BCUT2D eigenvalue weighted by Gasteiger charge is -2.15. The van der Waals surface area contributed by atoms with Gasteiger partial charge in [-0.1, -0.05) is 23.7 Å². The number of methoxy groups -OCH3 is 2. The molecule has 0 aromatic heterocycles. The summed E-state index contributed by atoms with van der Waals surface area (Å²) in [6.07, 6.45) is 0. The molecule has 7 heteroatoms. The Balaban J connectivity index is 2.69. The van der Waals surface area contributed by atoms with E-state index in [-0.39, 0.29) is 28.0 Å². The van der Waals surface area contributed by atoms with Crippen LogP contribution in [0.1, 0.15) is 10.1 Å². The maximum absolute atomic E-state index is 11.2. The van der Waals surface area contributed by atoms with Crippen molar-refractivity contribution >= 4 is 47.1 Å². The molecule has 20 heavy (non-hydrogen) atoms. The fourth-order valence-electron chi connectivity index (χ4n) is 1.27. The monoisotopic (exact) mass is 334 g/mol. The molecule has 1 rings (SSSR count). The summed E-state index contributed by atoms with van der Waals surface area (Å²) >= 11 is 8.66. The Bertz CT molecular complexity index is 430. The van der Waals surface area contributed by atoms with Crippen molar-refractivity contribution in [2.45, 2.75) is 4.58 Å². The molecule has 1 aromatic carbocycles. The van der Waals surface area contributed by atoms with Gasteiger partial charge in [-0.3, -0.25) is 9.59 Å². The zero-order chi connectivity index (χ0) is 15.0. The molecule has 0 unspecified atom stereocenters. The van der Waals surface area contributed by atoms with E-state index in [1.807, 2.05) is 12.1 Å². The maximum atomic E-state index is 11.2. The van der Waals surface area contributed by atoms with Gasteiger partial charge in [0, 0.05) is 5.02 Å². The first kappa shape index (κ1) is 17.2. The lowest BCUT2D eigenvalue weighted by Crippen LogP contribution is -2.08. The van der Waals surface area contributed by atoms with E-state index in [9.17, 15) is 9.59 Å². The average Bonchev–Trinajstić information content (AvgIpc) is 2.47. The fraction of sp³-hybridized carbons (Fsp3) is 0.385. The van der Waals surface area contributed by atoms with Crippen LogP contribution < -0.4 is 0 Å². The highest BCUT2D eigenvalue weighted by Gasteiger charge is 2.17. The Kier molecular flexibility index (Phi) is 7.87. The predicted octanol–water partition coefficient (Wildman–Crippen LogP) is 3.15. The molecule has 4 nitrogen and oxygen atoms in total. The average molecular weight is 335 g/mol. The van der Waals surface area contributed by atoms with Crippen molar-refractivity contribution in [2.75, 3.05) is 25.7 Å². The summed E-state index contributed by atoms with van der Waals surface area (Å²) in [7, 11) is 2.70. The van der Waals surface area contributed by atoms with Crippen molar-refractivity contribution in [3.63, 3.8) is 0 Å². The number of hydrogen-bond donors (Lipinski definition) is 0. The van der Waals surface area contributed by atoms with E-state index < -0.39 is 0 Å². The Morgan fingerprint density at radius 3 is 1.90 bits per heavy atom. The van der Waals surface area contributed by atoms with Crippen molar-refractivity contribution in [2.24, 2.45) is 0 Å². The molecule has 0 fully saturated rings. The lowest BCUT2D eigenvalue weighted by atomic mass is 10.2. The number of halogens is 1. The van der Waals surface area contributed by atoms with Gasteiger partial charge in [-0.05, 0) is 17.7 Å². The number of ether oxygens (including phenoxy) is 2. The number of esters is 2. The Hall–Kier alpha value is -0.850. The lowest BCUT2D eigenvalue weighted by molar-refractivity contribution is -0.138. The molecule has 0 aliphatic heterocycles. The molecule has 0 radical (unpaired) electrons. The first-order valence-electron chi connectivity index (χ1n) is 5.69. The van der Waals surface area contributed by atoms with Crippen LogP contribution in [0.15, 0.2) is 24.3 Å². The number of thioether (sulfide) groups is 2. The second kappa shape index (κ2) is 9.15. The Labute approximate surface area is 131 Å². The minimum atomic E-state index is -0.298. The van der Waals surface area contributed by atoms with E-state index in [1.54, 1.807) is 12.1 Å². The standard InChI is InChI=1S/C13H15ClO4S2/c1-17-11(15)7-19-13(20-8-12(16)18-2)9-3-5-10(14)6-4-9/h3-6,13H,7-8H2,1-2H3. The molecule has 0 saturated carbocycles. The maximum Gasteiger partial charge on any atom is 0.315 e. The first-order chi connectivity index (χ1) is 9.56. The second-order valence-electron chi connectivity index (χ2n) is 3.66. The van der Waals surface area contributed by atoms with E-state index in [4.69, 9.17) is 11.6 Å². The van der Waals surface area contributed by atoms with Crippen LogP contribution in [-0.4, -0.2) is 37.7 Å². The zero-order valence-corrected chi connectivity index (χ0v) is 13.5. The molecule has 0 spiro atoms. The van der Waals surface area contributed by atoms with Gasteiger partial charge in [-0.15, -0.1) is 23.5 Å². The molecule has 0 atom stereocenters. The highest BCUT2D eigenvalue weighted by molar-refractivity contribution is 8.16. The third-order valence-electron chi connectivity index (χ3n) is 2.30. The normalized spacial score (nSPS) is 10.4. The largest absolute Gasteiger partial charge is 0.468 e. The number of benzene rings is 1. The zero-order valence-electron chi connectivity index (χ0n) is 11.1. The van der Waals surface area contributed by atoms with Crippen LogP contribution in [-0.2, 0) is 19.1 Å². The van der Waals surface area contributed by atoms with Gasteiger partial charge in [0.25, 0.3) is 0 Å². The minimum Gasteiger partial charge on any atom is -0.468 e. The summed E-state index contributed by atoms with van der Waals surface area (Å²) in [6.45, 7) is 0. The molecule has 0 N–H and O–H groups in total. The van der Waals surface area contributed by atoms with Gasteiger partial charge >= 0.3 is 11.9 Å². The van der Waals surface area contributed by atoms with Gasteiger partial charge in [0.05, 0.1) is 30.3 Å². The van der Waals surface area contributed by atoms with E-state index in [2.05, 4.69) is 9.47 Å². The summed E-state index contributed by atoms with van der Waals surface area (Å²) in [5.41, 5.74) is 0.984. The molecular formula is C13H15ClO4S2. The number of rotatable bonds is 7. The van der Waals surface area contributed by atoms with Crippen molar-refractivity contribution in [1.29, 1.82) is 0 Å². The smallest absolute Gasteiger partial charge is 0.315 e. The molecule has 0 amide bonds. The van der Waals surface area contributed by atoms with Gasteiger partial charge in [-0.2, -0.15) is 0 Å². The molecule has 110 valence electrons. The predicted molar refractivity (Wildman–Crippen MR) is 83.1 cm³/mol. The molecule has 0 aliphatic rings. The summed E-state index contributed by atoms with van der Waals surface area (Å²) in [5, 5.41) is 0.642. The van der Waals surface area contributed by atoms with E-state index in [0.29, 0.717) is 5.02 Å². The van der Waals surface area contributed by atoms with Gasteiger partial charge < -0.3 is 9.47 Å². The number of carbonyl (C=O) groups excluding carboxylic acids is 2. The molecule has 0 saturated heterocycles. The summed E-state index contributed by atoms with van der Waals surface area (Å²) < 4.78 is 9.18. The third-order valence-corrected chi connectivity index (χ3v) is 5.33. The SMILES string of the molecule is COC(=O)CSC(SCC(=O)OC)c1ccc(Cl)cc1. The van der Waals surface area contributed by atoms with Crippen molar-refractivity contribution in [1.82, 2.24) is 0 Å². The number of carbonyl (C=O) groups is 2. The van der Waals surface area contributed by atoms with Gasteiger partial charge in [0.15, 0.2) is 0 Å². The first-order valence-corrected chi connectivity index (χ1v) is 8.16. The van der Waals surface area contributed by atoms with Gasteiger partial charge in [-0.25, -0.2) is 0 Å².